The standard InChI is InChI=1S/C22H19N3O2/c26-22(23-14-21-24-19-12-6-7-13-20(19)25-21)18-11-5-4-8-16(18)15-27-17-9-2-1-3-10-17/h1-13H,14-15H2,(H,23,26)(H,24,25). The molecule has 0 spiro atoms. The maximum atomic E-state index is 12.7. The predicted octanol–water partition coefficient (Wildman–Crippen LogP) is 4.07. The smallest absolute Gasteiger partial charge is 0.252 e. The number of rotatable bonds is 6. The van der Waals surface area contributed by atoms with Gasteiger partial charge in [0.25, 0.3) is 5.91 Å². The Balaban J connectivity index is 1.43. The molecular weight excluding hydrogens is 338 g/mol. The minimum Gasteiger partial charge on any atom is -0.489 e. The zero-order chi connectivity index (χ0) is 18.5. The van der Waals surface area contributed by atoms with Crippen molar-refractivity contribution in [3.8, 4) is 5.75 Å². The van der Waals surface area contributed by atoms with E-state index in [0.717, 1.165) is 28.2 Å². The number of imidazole rings is 1. The first-order chi connectivity index (χ1) is 13.3. The third kappa shape index (κ3) is 3.98. The zero-order valence-corrected chi connectivity index (χ0v) is 14.7. The SMILES string of the molecule is O=C(NCc1nc2ccccc2[nH]1)c1ccccc1COc1ccccc1. The van der Waals surface area contributed by atoms with Crippen LogP contribution in [0.25, 0.3) is 11.0 Å². The molecule has 0 fully saturated rings. The summed E-state index contributed by atoms with van der Waals surface area (Å²) in [5.74, 6) is 1.35. The monoisotopic (exact) mass is 357 g/mol. The van der Waals surface area contributed by atoms with Crippen LogP contribution in [-0.4, -0.2) is 15.9 Å². The van der Waals surface area contributed by atoms with E-state index in [1.54, 1.807) is 6.07 Å². The maximum absolute atomic E-state index is 12.7. The van der Waals surface area contributed by atoms with Crippen molar-refractivity contribution in [2.45, 2.75) is 13.2 Å². The second-order valence-electron chi connectivity index (χ2n) is 6.14. The van der Waals surface area contributed by atoms with E-state index in [9.17, 15) is 4.79 Å². The second kappa shape index (κ2) is 7.74. The van der Waals surface area contributed by atoms with E-state index in [0.29, 0.717) is 18.7 Å². The van der Waals surface area contributed by atoms with Gasteiger partial charge in [0, 0.05) is 11.1 Å². The van der Waals surface area contributed by atoms with Crippen molar-refractivity contribution in [3.63, 3.8) is 0 Å². The molecule has 0 unspecified atom stereocenters. The number of benzene rings is 3. The molecule has 4 rings (SSSR count). The van der Waals surface area contributed by atoms with Crippen molar-refractivity contribution in [1.82, 2.24) is 15.3 Å². The molecule has 0 aliphatic rings. The summed E-state index contributed by atoms with van der Waals surface area (Å²) in [6, 6.07) is 24.8. The number of hydrogen-bond acceptors (Lipinski definition) is 3. The van der Waals surface area contributed by atoms with Crippen LogP contribution >= 0.6 is 0 Å². The molecule has 2 N–H and O–H groups in total. The molecule has 0 aliphatic heterocycles. The highest BCUT2D eigenvalue weighted by Crippen LogP contribution is 2.15. The van der Waals surface area contributed by atoms with Crippen LogP contribution < -0.4 is 10.1 Å². The highest BCUT2D eigenvalue weighted by Gasteiger charge is 2.12. The Bertz CT molecular complexity index is 1020. The van der Waals surface area contributed by atoms with Gasteiger partial charge in [-0.1, -0.05) is 48.5 Å². The number of ether oxygens (including phenoxy) is 1. The van der Waals surface area contributed by atoms with Crippen molar-refractivity contribution in [2.75, 3.05) is 0 Å². The van der Waals surface area contributed by atoms with Crippen LogP contribution in [0.5, 0.6) is 5.75 Å². The van der Waals surface area contributed by atoms with Gasteiger partial charge in [-0.2, -0.15) is 0 Å². The summed E-state index contributed by atoms with van der Waals surface area (Å²) < 4.78 is 5.79. The lowest BCUT2D eigenvalue weighted by atomic mass is 10.1. The van der Waals surface area contributed by atoms with E-state index in [1.807, 2.05) is 72.8 Å². The number of aromatic amines is 1. The minimum atomic E-state index is -0.150. The summed E-state index contributed by atoms with van der Waals surface area (Å²) in [5.41, 5.74) is 3.28. The molecule has 0 bridgehead atoms. The van der Waals surface area contributed by atoms with E-state index >= 15 is 0 Å². The Hall–Kier alpha value is -3.60. The summed E-state index contributed by atoms with van der Waals surface area (Å²) >= 11 is 0. The number of fused-ring (bicyclic) bond motifs is 1. The van der Waals surface area contributed by atoms with Crippen LogP contribution in [-0.2, 0) is 13.2 Å². The quantitative estimate of drug-likeness (QED) is 0.547. The molecule has 27 heavy (non-hydrogen) atoms. The molecule has 0 saturated carbocycles. The molecule has 1 aromatic heterocycles. The number of H-pyrrole nitrogens is 1. The molecule has 5 heteroatoms. The van der Waals surface area contributed by atoms with E-state index < -0.39 is 0 Å². The molecule has 0 saturated heterocycles. The van der Waals surface area contributed by atoms with Gasteiger partial charge in [-0.05, 0) is 30.3 Å². The van der Waals surface area contributed by atoms with Crippen molar-refractivity contribution >= 4 is 16.9 Å². The third-order valence-electron chi connectivity index (χ3n) is 4.25. The van der Waals surface area contributed by atoms with Crippen molar-refractivity contribution in [2.24, 2.45) is 0 Å². The molecule has 3 aromatic carbocycles. The van der Waals surface area contributed by atoms with E-state index in [2.05, 4.69) is 15.3 Å². The first-order valence-corrected chi connectivity index (χ1v) is 8.77. The topological polar surface area (TPSA) is 67.0 Å². The highest BCUT2D eigenvalue weighted by atomic mass is 16.5. The number of carbonyl (C=O) groups is 1. The molecule has 0 radical (unpaired) electrons. The number of amides is 1. The number of nitrogens with zero attached hydrogens (tertiary/aromatic N) is 1. The van der Waals surface area contributed by atoms with Crippen LogP contribution in [0.3, 0.4) is 0 Å². The van der Waals surface area contributed by atoms with E-state index in [1.165, 1.54) is 0 Å². The fourth-order valence-electron chi connectivity index (χ4n) is 2.89. The molecule has 134 valence electrons. The Morgan fingerprint density at radius 2 is 1.67 bits per heavy atom. The van der Waals surface area contributed by atoms with E-state index in [4.69, 9.17) is 4.74 Å². The van der Waals surface area contributed by atoms with Crippen LogP contribution in [0.4, 0.5) is 0 Å². The molecular formula is C22H19N3O2. The maximum Gasteiger partial charge on any atom is 0.252 e. The average molecular weight is 357 g/mol. The largest absolute Gasteiger partial charge is 0.489 e. The number of hydrogen-bond donors (Lipinski definition) is 2. The molecule has 5 nitrogen and oxygen atoms in total. The third-order valence-corrected chi connectivity index (χ3v) is 4.25. The van der Waals surface area contributed by atoms with Crippen molar-refractivity contribution in [3.05, 3.63) is 95.8 Å². The summed E-state index contributed by atoms with van der Waals surface area (Å²) in [5, 5.41) is 2.93. The zero-order valence-electron chi connectivity index (χ0n) is 14.7. The van der Waals surface area contributed by atoms with Gasteiger partial charge in [-0.25, -0.2) is 4.98 Å². The van der Waals surface area contributed by atoms with Gasteiger partial charge in [0.05, 0.1) is 17.6 Å². The number of aromatic nitrogens is 2. The van der Waals surface area contributed by atoms with Gasteiger partial charge >= 0.3 is 0 Å². The lowest BCUT2D eigenvalue weighted by Gasteiger charge is -2.11. The van der Waals surface area contributed by atoms with Gasteiger partial charge < -0.3 is 15.0 Å². The van der Waals surface area contributed by atoms with Crippen LogP contribution in [0.1, 0.15) is 21.7 Å². The normalized spacial score (nSPS) is 10.7. The first kappa shape index (κ1) is 16.8. The molecule has 0 atom stereocenters. The number of para-hydroxylation sites is 3. The Morgan fingerprint density at radius 1 is 0.926 bits per heavy atom. The van der Waals surface area contributed by atoms with Gasteiger partial charge in [0.2, 0.25) is 0 Å². The molecule has 1 amide bonds. The Morgan fingerprint density at radius 3 is 2.52 bits per heavy atom. The van der Waals surface area contributed by atoms with E-state index in [-0.39, 0.29) is 5.91 Å². The van der Waals surface area contributed by atoms with Gasteiger partial charge in [0.15, 0.2) is 0 Å². The number of carbonyl (C=O) groups excluding carboxylic acids is 1. The summed E-state index contributed by atoms with van der Waals surface area (Å²) in [4.78, 5) is 20.4. The van der Waals surface area contributed by atoms with Crippen LogP contribution in [0.2, 0.25) is 0 Å². The van der Waals surface area contributed by atoms with Crippen LogP contribution in [0.15, 0.2) is 78.9 Å². The van der Waals surface area contributed by atoms with Gasteiger partial charge in [0.1, 0.15) is 18.2 Å². The Labute approximate surface area is 157 Å². The lowest BCUT2D eigenvalue weighted by Crippen LogP contribution is -2.24. The number of nitrogens with one attached hydrogen (secondary N) is 2. The molecule has 0 aliphatic carbocycles. The fraction of sp³-hybridized carbons (Fsp3) is 0.0909. The second-order valence-corrected chi connectivity index (χ2v) is 6.14. The fourth-order valence-corrected chi connectivity index (χ4v) is 2.89. The average Bonchev–Trinajstić information content (AvgIpc) is 3.14. The van der Waals surface area contributed by atoms with Crippen molar-refractivity contribution < 1.29 is 9.53 Å². The highest BCUT2D eigenvalue weighted by molar-refractivity contribution is 5.95. The van der Waals surface area contributed by atoms with Crippen LogP contribution in [0, 0.1) is 0 Å². The van der Waals surface area contributed by atoms with Crippen molar-refractivity contribution in [1.29, 1.82) is 0 Å². The Kier molecular flexibility index (Phi) is 4.83. The first-order valence-electron chi connectivity index (χ1n) is 8.77. The predicted molar refractivity (Wildman–Crippen MR) is 104 cm³/mol. The lowest BCUT2D eigenvalue weighted by molar-refractivity contribution is 0.0947. The molecule has 1 heterocycles. The van der Waals surface area contributed by atoms with Gasteiger partial charge in [-0.15, -0.1) is 0 Å². The summed E-state index contributed by atoms with van der Waals surface area (Å²) in [6.07, 6.45) is 0. The summed E-state index contributed by atoms with van der Waals surface area (Å²) in [7, 11) is 0. The summed E-state index contributed by atoms with van der Waals surface area (Å²) in [6.45, 7) is 0.666. The van der Waals surface area contributed by atoms with Gasteiger partial charge in [-0.3, -0.25) is 4.79 Å². The molecule has 4 aromatic rings. The minimum absolute atomic E-state index is 0.150.